The van der Waals surface area contributed by atoms with Crippen LogP contribution in [0.5, 0.6) is 0 Å². The summed E-state index contributed by atoms with van der Waals surface area (Å²) < 4.78 is 0. The van der Waals surface area contributed by atoms with Gasteiger partial charge >= 0.3 is 0 Å². The van der Waals surface area contributed by atoms with E-state index >= 15 is 0 Å². The predicted molar refractivity (Wildman–Crippen MR) is 234 cm³/mol. The van der Waals surface area contributed by atoms with Crippen molar-refractivity contribution >= 4 is 57.2 Å². The molecule has 0 saturated heterocycles. The first-order chi connectivity index (χ1) is 26.0. The number of hydrogen-bond acceptors (Lipinski definition) is 2. The van der Waals surface area contributed by atoms with Gasteiger partial charge in [-0.25, -0.2) is 0 Å². The standard InChI is InChI=1S/C51H53BN2/c1-34-16-14-15-21-44(34)54-46-30-37(35-17-10-8-11-18-35)22-28-42(46)52-43-33-40(51(5,6)7)25-29-45(43)53(41-26-23-39(24-27-41)50(2,3)4)47-31-38(32-48(54)49(47)52)36-19-12-9-13-20-36/h8,10-11,14-18,21-33,36H,9,12-13,19-20H2,1-7H3. The molecule has 6 aromatic rings. The normalized spacial score (nSPS) is 15.5. The minimum absolute atomic E-state index is 0.0179. The Morgan fingerprint density at radius 3 is 1.83 bits per heavy atom. The van der Waals surface area contributed by atoms with Gasteiger partial charge in [0.1, 0.15) is 0 Å². The summed E-state index contributed by atoms with van der Waals surface area (Å²) in [4.78, 5) is 5.23. The zero-order valence-electron chi connectivity index (χ0n) is 33.2. The van der Waals surface area contributed by atoms with Gasteiger partial charge in [-0.2, -0.15) is 0 Å². The van der Waals surface area contributed by atoms with Gasteiger partial charge in [0.05, 0.1) is 0 Å². The molecule has 1 aliphatic carbocycles. The van der Waals surface area contributed by atoms with Crippen LogP contribution in [0.15, 0.2) is 127 Å². The molecule has 1 fully saturated rings. The van der Waals surface area contributed by atoms with Crippen molar-refractivity contribution in [2.24, 2.45) is 0 Å². The topological polar surface area (TPSA) is 6.48 Å². The average molecular weight is 705 g/mol. The second-order valence-electron chi connectivity index (χ2n) is 18.2. The van der Waals surface area contributed by atoms with E-state index in [4.69, 9.17) is 0 Å². The molecule has 6 aromatic carbocycles. The Morgan fingerprint density at radius 1 is 0.500 bits per heavy atom. The largest absolute Gasteiger partial charge is 0.311 e. The number of para-hydroxylation sites is 1. The molecule has 2 nitrogen and oxygen atoms in total. The van der Waals surface area contributed by atoms with Crippen molar-refractivity contribution in [1.29, 1.82) is 0 Å². The zero-order valence-corrected chi connectivity index (χ0v) is 33.2. The lowest BCUT2D eigenvalue weighted by Crippen LogP contribution is -2.61. The molecular formula is C51H53BN2. The average Bonchev–Trinajstić information content (AvgIpc) is 3.17. The van der Waals surface area contributed by atoms with Gasteiger partial charge < -0.3 is 9.80 Å². The smallest absolute Gasteiger partial charge is 0.252 e. The molecule has 0 radical (unpaired) electrons. The fraction of sp³-hybridized carbons (Fsp3) is 0.294. The SMILES string of the molecule is Cc1ccccc1N1c2cc(-c3ccccc3)ccc2B2c3cc(C(C)(C)C)ccc3N(c3ccc(C(C)(C)C)cc3)c3cc(C4CCCCC4)cc1c32. The Labute approximate surface area is 324 Å². The van der Waals surface area contributed by atoms with Gasteiger partial charge in [-0.05, 0) is 129 Å². The van der Waals surface area contributed by atoms with Crippen LogP contribution in [0, 0.1) is 6.92 Å². The van der Waals surface area contributed by atoms with Crippen LogP contribution in [-0.2, 0) is 10.8 Å². The van der Waals surface area contributed by atoms with Gasteiger partial charge in [0, 0.05) is 34.1 Å². The van der Waals surface area contributed by atoms with Crippen molar-refractivity contribution in [3.8, 4) is 11.1 Å². The highest BCUT2D eigenvalue weighted by Gasteiger charge is 2.44. The van der Waals surface area contributed by atoms with E-state index in [0.29, 0.717) is 5.92 Å². The van der Waals surface area contributed by atoms with Crippen molar-refractivity contribution in [2.45, 2.75) is 97.3 Å². The monoisotopic (exact) mass is 704 g/mol. The summed E-state index contributed by atoms with van der Waals surface area (Å²) in [5.41, 5.74) is 20.0. The molecule has 0 spiro atoms. The quantitative estimate of drug-likeness (QED) is 0.168. The number of nitrogens with zero attached hydrogens (tertiary/aromatic N) is 2. The van der Waals surface area contributed by atoms with Crippen LogP contribution >= 0.6 is 0 Å². The Balaban J connectivity index is 1.38. The van der Waals surface area contributed by atoms with Crippen molar-refractivity contribution in [2.75, 3.05) is 9.80 Å². The highest BCUT2D eigenvalue weighted by Crippen LogP contribution is 2.48. The number of anilines is 6. The number of aryl methyl sites for hydroxylation is 1. The Morgan fingerprint density at radius 2 is 1.15 bits per heavy atom. The molecule has 2 heterocycles. The molecule has 0 atom stereocenters. The molecule has 0 amide bonds. The molecule has 0 unspecified atom stereocenters. The summed E-state index contributed by atoms with van der Waals surface area (Å²) in [6.45, 7) is 16.3. The third kappa shape index (κ3) is 5.88. The van der Waals surface area contributed by atoms with Gasteiger partial charge in [0.15, 0.2) is 0 Å². The Bertz CT molecular complexity index is 2350. The minimum atomic E-state index is 0.0179. The van der Waals surface area contributed by atoms with E-state index in [9.17, 15) is 0 Å². The lowest BCUT2D eigenvalue weighted by molar-refractivity contribution is 0.444. The highest BCUT2D eigenvalue weighted by atomic mass is 15.2. The van der Waals surface area contributed by atoms with E-state index < -0.39 is 0 Å². The zero-order chi connectivity index (χ0) is 37.4. The fourth-order valence-corrected chi connectivity index (χ4v) is 9.43. The van der Waals surface area contributed by atoms with Crippen molar-refractivity contribution < 1.29 is 0 Å². The van der Waals surface area contributed by atoms with E-state index in [1.165, 1.54) is 116 Å². The second kappa shape index (κ2) is 13.1. The van der Waals surface area contributed by atoms with Gasteiger partial charge in [0.25, 0.3) is 6.71 Å². The summed E-state index contributed by atoms with van der Waals surface area (Å²) in [7, 11) is 0. The van der Waals surface area contributed by atoms with Crippen LogP contribution in [0.3, 0.4) is 0 Å². The van der Waals surface area contributed by atoms with Crippen LogP contribution in [0.4, 0.5) is 34.1 Å². The van der Waals surface area contributed by atoms with E-state index in [1.807, 2.05) is 0 Å². The molecule has 0 aromatic heterocycles. The molecule has 3 aliphatic rings. The third-order valence-electron chi connectivity index (χ3n) is 12.5. The summed E-state index contributed by atoms with van der Waals surface area (Å²) in [6, 6.07) is 49.1. The fourth-order valence-electron chi connectivity index (χ4n) is 9.43. The van der Waals surface area contributed by atoms with Crippen molar-refractivity contribution in [3.63, 3.8) is 0 Å². The first-order valence-corrected chi connectivity index (χ1v) is 20.3. The van der Waals surface area contributed by atoms with Gasteiger partial charge in [-0.1, -0.05) is 146 Å². The Hall–Kier alpha value is -5.02. The molecule has 1 saturated carbocycles. The van der Waals surface area contributed by atoms with Crippen LogP contribution in [0.25, 0.3) is 11.1 Å². The van der Waals surface area contributed by atoms with Crippen LogP contribution in [0.2, 0.25) is 0 Å². The van der Waals surface area contributed by atoms with E-state index in [2.05, 4.69) is 186 Å². The number of benzene rings is 6. The first-order valence-electron chi connectivity index (χ1n) is 20.3. The number of rotatable bonds is 4. The summed E-state index contributed by atoms with van der Waals surface area (Å²) in [5, 5.41) is 0. The molecule has 270 valence electrons. The molecule has 9 rings (SSSR count). The van der Waals surface area contributed by atoms with E-state index in [0.717, 1.165) is 0 Å². The maximum atomic E-state index is 2.62. The third-order valence-corrected chi connectivity index (χ3v) is 12.5. The maximum absolute atomic E-state index is 2.62. The predicted octanol–water partition coefficient (Wildman–Crippen LogP) is 12.4. The molecule has 54 heavy (non-hydrogen) atoms. The molecule has 2 aliphatic heterocycles. The Kier molecular flexibility index (Phi) is 8.41. The summed E-state index contributed by atoms with van der Waals surface area (Å²) in [6.07, 6.45) is 6.47. The number of fused-ring (bicyclic) bond motifs is 4. The lowest BCUT2D eigenvalue weighted by Gasteiger charge is -2.45. The maximum Gasteiger partial charge on any atom is 0.252 e. The van der Waals surface area contributed by atoms with Crippen LogP contribution in [0.1, 0.15) is 102 Å². The molecular weight excluding hydrogens is 651 g/mol. The molecule has 3 heteroatoms. The van der Waals surface area contributed by atoms with Crippen LogP contribution in [-0.4, -0.2) is 6.71 Å². The molecule has 0 bridgehead atoms. The van der Waals surface area contributed by atoms with Crippen molar-refractivity contribution in [3.05, 3.63) is 150 Å². The minimum Gasteiger partial charge on any atom is -0.311 e. The summed E-state index contributed by atoms with van der Waals surface area (Å²) >= 11 is 0. The second-order valence-corrected chi connectivity index (χ2v) is 18.2. The highest BCUT2D eigenvalue weighted by molar-refractivity contribution is 7.00. The van der Waals surface area contributed by atoms with Crippen molar-refractivity contribution in [1.82, 2.24) is 0 Å². The summed E-state index contributed by atoms with van der Waals surface area (Å²) in [5.74, 6) is 0.560. The molecule has 0 N–H and O–H groups in total. The van der Waals surface area contributed by atoms with E-state index in [1.54, 1.807) is 0 Å². The lowest BCUT2D eigenvalue weighted by atomic mass is 9.33. The van der Waals surface area contributed by atoms with Gasteiger partial charge in [0.2, 0.25) is 0 Å². The van der Waals surface area contributed by atoms with Gasteiger partial charge in [-0.15, -0.1) is 0 Å². The first kappa shape index (κ1) is 34.7. The van der Waals surface area contributed by atoms with Gasteiger partial charge in [-0.3, -0.25) is 0 Å². The van der Waals surface area contributed by atoms with E-state index in [-0.39, 0.29) is 17.5 Å². The number of hydrogen-bond donors (Lipinski definition) is 0. The van der Waals surface area contributed by atoms with Crippen LogP contribution < -0.4 is 26.2 Å².